The summed E-state index contributed by atoms with van der Waals surface area (Å²) in [4.78, 5) is 0. The van der Waals surface area contributed by atoms with E-state index in [1.165, 1.54) is 6.92 Å². The largest absolute Gasteiger partial charge is 0.396 e. The van der Waals surface area contributed by atoms with E-state index in [-0.39, 0.29) is 13.0 Å². The average Bonchev–Trinajstić information content (AvgIpc) is 1.67. The van der Waals surface area contributed by atoms with Gasteiger partial charge in [-0.25, -0.2) is 8.78 Å². The van der Waals surface area contributed by atoms with Crippen LogP contribution >= 0.6 is 0 Å². The predicted molar refractivity (Wildman–Crippen MR) is 26.9 cm³/mol. The lowest BCUT2D eigenvalue weighted by Crippen LogP contribution is -2.07. The number of rotatable bonds is 3. The van der Waals surface area contributed by atoms with E-state index in [0.29, 0.717) is 0 Å². The summed E-state index contributed by atoms with van der Waals surface area (Å²) in [6.07, 6.45) is -2.10. The molecule has 0 amide bonds. The van der Waals surface area contributed by atoms with E-state index < -0.39 is 12.3 Å². The van der Waals surface area contributed by atoms with Crippen molar-refractivity contribution >= 4 is 0 Å². The molecule has 0 aromatic heterocycles. The molecular weight excluding hydrogens is 114 g/mol. The number of hydrogen-bond donors (Lipinski definition) is 1. The molecule has 0 saturated heterocycles. The fourth-order valence-corrected chi connectivity index (χ4v) is 0.330. The molecule has 0 saturated carbocycles. The summed E-state index contributed by atoms with van der Waals surface area (Å²) in [6, 6.07) is 0. The van der Waals surface area contributed by atoms with Crippen molar-refractivity contribution in [3.05, 3.63) is 0 Å². The Balaban J connectivity index is 3.17. The van der Waals surface area contributed by atoms with E-state index >= 15 is 0 Å². The number of hydrogen-bond acceptors (Lipinski definition) is 1. The lowest BCUT2D eigenvalue weighted by Gasteiger charge is -2.05. The third-order valence-corrected chi connectivity index (χ3v) is 1.01. The van der Waals surface area contributed by atoms with Crippen LogP contribution < -0.4 is 0 Å². The van der Waals surface area contributed by atoms with Crippen molar-refractivity contribution in [3.63, 3.8) is 0 Å². The lowest BCUT2D eigenvalue weighted by atomic mass is 10.1. The zero-order valence-electron chi connectivity index (χ0n) is 4.77. The summed E-state index contributed by atoms with van der Waals surface area (Å²) in [5.41, 5.74) is 0. The van der Waals surface area contributed by atoms with E-state index in [2.05, 4.69) is 0 Å². The minimum atomic E-state index is -2.29. The second kappa shape index (κ2) is 3.78. The maximum atomic E-state index is 11.5. The molecule has 0 aromatic rings. The summed E-state index contributed by atoms with van der Waals surface area (Å²) in [6.45, 7) is 1.27. The first kappa shape index (κ1) is 7.82. The van der Waals surface area contributed by atoms with Crippen LogP contribution in [0, 0.1) is 5.92 Å². The molecule has 0 aliphatic heterocycles. The molecule has 3 heteroatoms. The molecule has 1 atom stereocenters. The lowest BCUT2D eigenvalue weighted by molar-refractivity contribution is 0.0710. The van der Waals surface area contributed by atoms with Crippen LogP contribution in [-0.4, -0.2) is 18.1 Å². The molecule has 0 radical (unpaired) electrons. The SMILES string of the molecule is CC(CCO)C(F)F. The number of aliphatic hydroxyl groups excluding tert-OH is 1. The van der Waals surface area contributed by atoms with Gasteiger partial charge in [-0.2, -0.15) is 0 Å². The van der Waals surface area contributed by atoms with Gasteiger partial charge in [-0.15, -0.1) is 0 Å². The zero-order chi connectivity index (χ0) is 6.57. The summed E-state index contributed by atoms with van der Waals surface area (Å²) >= 11 is 0. The van der Waals surface area contributed by atoms with Gasteiger partial charge in [-0.1, -0.05) is 6.92 Å². The molecule has 0 aromatic carbocycles. The van der Waals surface area contributed by atoms with Crippen molar-refractivity contribution < 1.29 is 13.9 Å². The first-order valence-electron chi connectivity index (χ1n) is 2.57. The van der Waals surface area contributed by atoms with Gasteiger partial charge in [0.2, 0.25) is 6.43 Å². The van der Waals surface area contributed by atoms with E-state index in [0.717, 1.165) is 0 Å². The molecule has 1 nitrogen and oxygen atoms in total. The van der Waals surface area contributed by atoms with Gasteiger partial charge in [0.15, 0.2) is 0 Å². The average molecular weight is 124 g/mol. The van der Waals surface area contributed by atoms with Crippen molar-refractivity contribution in [2.24, 2.45) is 5.92 Å². The van der Waals surface area contributed by atoms with Crippen LogP contribution in [-0.2, 0) is 0 Å². The van der Waals surface area contributed by atoms with Crippen LogP contribution in [0.2, 0.25) is 0 Å². The van der Waals surface area contributed by atoms with Gasteiger partial charge in [0.1, 0.15) is 0 Å². The summed E-state index contributed by atoms with van der Waals surface area (Å²) in [5, 5.41) is 8.15. The third kappa shape index (κ3) is 2.91. The van der Waals surface area contributed by atoms with Gasteiger partial charge in [-0.3, -0.25) is 0 Å². The molecule has 0 bridgehead atoms. The molecule has 0 spiro atoms. The van der Waals surface area contributed by atoms with Crippen molar-refractivity contribution in [2.45, 2.75) is 19.8 Å². The minimum Gasteiger partial charge on any atom is -0.396 e. The van der Waals surface area contributed by atoms with E-state index in [1.54, 1.807) is 0 Å². The van der Waals surface area contributed by atoms with Crippen LogP contribution in [0.15, 0.2) is 0 Å². The van der Waals surface area contributed by atoms with Gasteiger partial charge in [0.05, 0.1) is 0 Å². The van der Waals surface area contributed by atoms with Crippen LogP contribution in [0.5, 0.6) is 0 Å². The van der Waals surface area contributed by atoms with Crippen LogP contribution in [0.1, 0.15) is 13.3 Å². The van der Waals surface area contributed by atoms with Crippen LogP contribution in [0.4, 0.5) is 8.78 Å². The Morgan fingerprint density at radius 3 is 2.12 bits per heavy atom. The maximum Gasteiger partial charge on any atom is 0.241 e. The van der Waals surface area contributed by atoms with Gasteiger partial charge >= 0.3 is 0 Å². The number of aliphatic hydroxyl groups is 1. The van der Waals surface area contributed by atoms with Crippen LogP contribution in [0.3, 0.4) is 0 Å². The van der Waals surface area contributed by atoms with Gasteiger partial charge < -0.3 is 5.11 Å². The Hall–Kier alpha value is -0.180. The fraction of sp³-hybridized carbons (Fsp3) is 1.00. The standard InChI is InChI=1S/C5H10F2O/c1-4(2-3-8)5(6)7/h4-5,8H,2-3H2,1H3. The Morgan fingerprint density at radius 1 is 1.50 bits per heavy atom. The van der Waals surface area contributed by atoms with Crippen molar-refractivity contribution in [2.75, 3.05) is 6.61 Å². The van der Waals surface area contributed by atoms with Crippen LogP contribution in [0.25, 0.3) is 0 Å². The smallest absolute Gasteiger partial charge is 0.241 e. The van der Waals surface area contributed by atoms with E-state index in [1.807, 2.05) is 0 Å². The van der Waals surface area contributed by atoms with Gasteiger partial charge in [0.25, 0.3) is 0 Å². The van der Waals surface area contributed by atoms with Crippen molar-refractivity contribution in [3.8, 4) is 0 Å². The highest BCUT2D eigenvalue weighted by atomic mass is 19.3. The molecular formula is C5H10F2O. The predicted octanol–water partition coefficient (Wildman–Crippen LogP) is 1.27. The van der Waals surface area contributed by atoms with E-state index in [9.17, 15) is 8.78 Å². The molecule has 0 rings (SSSR count). The quantitative estimate of drug-likeness (QED) is 0.600. The molecule has 0 fully saturated rings. The Morgan fingerprint density at radius 2 is 2.00 bits per heavy atom. The number of halogens is 2. The molecule has 0 heterocycles. The van der Waals surface area contributed by atoms with Gasteiger partial charge in [0, 0.05) is 12.5 Å². The molecule has 1 unspecified atom stereocenters. The van der Waals surface area contributed by atoms with Crippen molar-refractivity contribution in [1.29, 1.82) is 0 Å². The first-order chi connectivity index (χ1) is 3.68. The normalized spacial score (nSPS) is 14.6. The Bertz CT molecular complexity index is 56.4. The Kier molecular flexibility index (Phi) is 3.69. The maximum absolute atomic E-state index is 11.5. The highest BCUT2D eigenvalue weighted by Crippen LogP contribution is 2.11. The zero-order valence-corrected chi connectivity index (χ0v) is 4.77. The molecule has 1 N–H and O–H groups in total. The second-order valence-corrected chi connectivity index (χ2v) is 1.82. The molecule has 0 aliphatic carbocycles. The molecule has 8 heavy (non-hydrogen) atoms. The van der Waals surface area contributed by atoms with Crippen molar-refractivity contribution in [1.82, 2.24) is 0 Å². The summed E-state index contributed by atoms with van der Waals surface area (Å²) in [5.74, 6) is -0.667. The minimum absolute atomic E-state index is 0.147. The topological polar surface area (TPSA) is 20.2 Å². The second-order valence-electron chi connectivity index (χ2n) is 1.82. The summed E-state index contributed by atoms with van der Waals surface area (Å²) < 4.78 is 23.0. The molecule has 0 aliphatic rings. The number of alkyl halides is 2. The highest BCUT2D eigenvalue weighted by Gasteiger charge is 2.12. The van der Waals surface area contributed by atoms with E-state index in [4.69, 9.17) is 5.11 Å². The molecule has 50 valence electrons. The highest BCUT2D eigenvalue weighted by molar-refractivity contribution is 4.52. The fourth-order valence-electron chi connectivity index (χ4n) is 0.330. The first-order valence-corrected chi connectivity index (χ1v) is 2.57. The monoisotopic (exact) mass is 124 g/mol. The Labute approximate surface area is 47.3 Å². The third-order valence-electron chi connectivity index (χ3n) is 1.01. The van der Waals surface area contributed by atoms with Gasteiger partial charge in [-0.05, 0) is 6.42 Å². The summed E-state index contributed by atoms with van der Waals surface area (Å²) in [7, 11) is 0.